The normalized spacial score (nSPS) is 54.2. The molecule has 4 rings (SSSR count). The molecule has 0 radical (unpaired) electrons. The van der Waals surface area contributed by atoms with Crippen molar-refractivity contribution in [3.8, 4) is 0 Å². The van der Waals surface area contributed by atoms with Crippen LogP contribution in [-0.4, -0.2) is 11.2 Å². The molecule has 3 fully saturated rings. The van der Waals surface area contributed by atoms with Crippen molar-refractivity contribution in [3.05, 3.63) is 11.6 Å². The predicted molar refractivity (Wildman–Crippen MR) is 91.5 cm³/mol. The highest BCUT2D eigenvalue weighted by Gasteiger charge is 2.57. The number of allylic oxidation sites excluding steroid dienone is 1. The Bertz CT molecular complexity index is 480. The van der Waals surface area contributed by atoms with Crippen LogP contribution in [0.15, 0.2) is 11.6 Å². The van der Waals surface area contributed by atoms with Crippen molar-refractivity contribution in [2.45, 2.75) is 84.7 Å². The van der Waals surface area contributed by atoms with E-state index in [1.54, 1.807) is 5.57 Å². The molecule has 0 aromatic rings. The van der Waals surface area contributed by atoms with Crippen LogP contribution in [0.4, 0.5) is 0 Å². The monoisotopic (exact) mass is 302 g/mol. The van der Waals surface area contributed by atoms with E-state index in [4.69, 9.17) is 0 Å². The van der Waals surface area contributed by atoms with Crippen LogP contribution in [0.25, 0.3) is 0 Å². The van der Waals surface area contributed by atoms with E-state index in [9.17, 15) is 5.11 Å². The third-order valence-corrected chi connectivity index (χ3v) is 8.77. The molecule has 0 spiro atoms. The summed E-state index contributed by atoms with van der Waals surface area (Å²) in [5.41, 5.74) is 2.65. The molecule has 7 atom stereocenters. The van der Waals surface area contributed by atoms with E-state index in [1.807, 2.05) is 0 Å². The molecular formula is C21H34O. The molecule has 1 heteroatoms. The summed E-state index contributed by atoms with van der Waals surface area (Å²) in [7, 11) is 0. The Morgan fingerprint density at radius 2 is 1.91 bits per heavy atom. The van der Waals surface area contributed by atoms with Crippen molar-refractivity contribution in [3.63, 3.8) is 0 Å². The van der Waals surface area contributed by atoms with Gasteiger partial charge in [-0.25, -0.2) is 0 Å². The second kappa shape index (κ2) is 5.10. The minimum Gasteiger partial charge on any atom is -0.393 e. The Hall–Kier alpha value is -0.300. The first-order valence-corrected chi connectivity index (χ1v) is 9.86. The van der Waals surface area contributed by atoms with Crippen molar-refractivity contribution in [2.75, 3.05) is 0 Å². The van der Waals surface area contributed by atoms with Gasteiger partial charge in [-0.3, -0.25) is 0 Å². The summed E-state index contributed by atoms with van der Waals surface area (Å²) in [6.07, 6.45) is 14.3. The number of hydrogen-bond donors (Lipinski definition) is 1. The number of rotatable bonds is 1. The Labute approximate surface area is 136 Å². The summed E-state index contributed by atoms with van der Waals surface area (Å²) in [5.74, 6) is 3.77. The summed E-state index contributed by atoms with van der Waals surface area (Å²) in [4.78, 5) is 0. The molecule has 124 valence electrons. The average molecular weight is 303 g/mol. The van der Waals surface area contributed by atoms with E-state index < -0.39 is 0 Å². The molecule has 0 amide bonds. The average Bonchev–Trinajstić information content (AvgIpc) is 2.84. The van der Waals surface area contributed by atoms with Gasteiger partial charge < -0.3 is 5.11 Å². The van der Waals surface area contributed by atoms with Gasteiger partial charge in [0.15, 0.2) is 0 Å². The predicted octanol–water partition coefficient (Wildman–Crippen LogP) is 5.34. The van der Waals surface area contributed by atoms with Gasteiger partial charge in [-0.2, -0.15) is 0 Å². The highest BCUT2D eigenvalue weighted by molar-refractivity contribution is 5.25. The Morgan fingerprint density at radius 1 is 1.09 bits per heavy atom. The third-order valence-electron chi connectivity index (χ3n) is 8.77. The van der Waals surface area contributed by atoms with Gasteiger partial charge in [0, 0.05) is 0 Å². The lowest BCUT2D eigenvalue weighted by Crippen LogP contribution is -2.50. The number of hydrogen-bond acceptors (Lipinski definition) is 1. The minimum atomic E-state index is -0.0688. The van der Waals surface area contributed by atoms with Gasteiger partial charge in [-0.1, -0.05) is 38.8 Å². The first-order chi connectivity index (χ1) is 10.5. The molecule has 0 aromatic heterocycles. The maximum absolute atomic E-state index is 10.1. The quantitative estimate of drug-likeness (QED) is 0.648. The van der Waals surface area contributed by atoms with Crippen LogP contribution < -0.4 is 0 Å². The first-order valence-electron chi connectivity index (χ1n) is 9.86. The van der Waals surface area contributed by atoms with Crippen LogP contribution >= 0.6 is 0 Å². The van der Waals surface area contributed by atoms with Gasteiger partial charge in [-0.05, 0) is 85.9 Å². The van der Waals surface area contributed by atoms with Crippen molar-refractivity contribution in [1.29, 1.82) is 0 Å². The van der Waals surface area contributed by atoms with Crippen molar-refractivity contribution in [2.24, 2.45) is 34.5 Å². The molecule has 3 saturated carbocycles. The molecule has 22 heavy (non-hydrogen) atoms. The fourth-order valence-electron chi connectivity index (χ4n) is 7.42. The summed E-state index contributed by atoms with van der Waals surface area (Å²) in [5, 5.41) is 10.1. The molecule has 6 unspecified atom stereocenters. The van der Waals surface area contributed by atoms with Crippen LogP contribution in [0.5, 0.6) is 0 Å². The molecule has 1 nitrogen and oxygen atoms in total. The third kappa shape index (κ3) is 1.93. The van der Waals surface area contributed by atoms with Crippen molar-refractivity contribution in [1.82, 2.24) is 0 Å². The largest absolute Gasteiger partial charge is 0.393 e. The number of fused-ring (bicyclic) bond motifs is 5. The first kappa shape index (κ1) is 15.2. The molecule has 0 aromatic carbocycles. The summed E-state index contributed by atoms with van der Waals surface area (Å²) in [6.45, 7) is 7.57. The number of aliphatic hydroxyl groups excluding tert-OH is 1. The van der Waals surface area contributed by atoms with E-state index in [0.717, 1.165) is 36.5 Å². The van der Waals surface area contributed by atoms with Crippen LogP contribution in [0.3, 0.4) is 0 Å². The molecule has 1 N–H and O–H groups in total. The van der Waals surface area contributed by atoms with Gasteiger partial charge >= 0.3 is 0 Å². The zero-order chi connectivity index (χ0) is 15.5. The Balaban J connectivity index is 1.66. The molecule has 4 aliphatic rings. The van der Waals surface area contributed by atoms with E-state index in [1.165, 1.54) is 44.9 Å². The fourth-order valence-corrected chi connectivity index (χ4v) is 7.42. The topological polar surface area (TPSA) is 20.2 Å². The fraction of sp³-hybridized carbons (Fsp3) is 0.905. The van der Waals surface area contributed by atoms with Gasteiger partial charge in [0.05, 0.1) is 6.10 Å². The van der Waals surface area contributed by atoms with Gasteiger partial charge in [0.2, 0.25) is 0 Å². The maximum Gasteiger partial charge on any atom is 0.0577 e. The number of aliphatic hydroxyl groups is 1. The van der Waals surface area contributed by atoms with E-state index in [0.29, 0.717) is 10.8 Å². The van der Waals surface area contributed by atoms with E-state index in [-0.39, 0.29) is 6.10 Å². The summed E-state index contributed by atoms with van der Waals surface area (Å²) in [6, 6.07) is 0. The van der Waals surface area contributed by atoms with Crippen LogP contribution in [0.2, 0.25) is 0 Å². The maximum atomic E-state index is 10.1. The SMILES string of the molecule is CCC1CCC2C3CC=C4CC(O)CC[C@]4(C)C3CCC12C. The molecule has 4 aliphatic carbocycles. The van der Waals surface area contributed by atoms with Crippen LogP contribution in [0.1, 0.15) is 78.6 Å². The second-order valence-corrected chi connectivity index (χ2v) is 9.38. The van der Waals surface area contributed by atoms with Crippen molar-refractivity contribution >= 4 is 0 Å². The Kier molecular flexibility index (Phi) is 3.53. The Morgan fingerprint density at radius 3 is 2.68 bits per heavy atom. The molecule has 0 aliphatic heterocycles. The highest BCUT2D eigenvalue weighted by atomic mass is 16.3. The van der Waals surface area contributed by atoms with Gasteiger partial charge in [0.1, 0.15) is 0 Å². The van der Waals surface area contributed by atoms with E-state index >= 15 is 0 Å². The lowest BCUT2D eigenvalue weighted by molar-refractivity contribution is -0.0500. The lowest BCUT2D eigenvalue weighted by Gasteiger charge is -2.58. The van der Waals surface area contributed by atoms with Crippen molar-refractivity contribution < 1.29 is 5.11 Å². The van der Waals surface area contributed by atoms with Crippen LogP contribution in [0, 0.1) is 34.5 Å². The standard InChI is InChI=1S/C21H34O/c1-4-14-6-8-18-17-7-5-15-13-16(22)9-11-21(15,3)19(17)10-12-20(14,18)2/h5,14,16-19,22H,4,6-13H2,1-3H3/t14?,16?,17?,18?,19?,20?,21-/m0/s1. The van der Waals surface area contributed by atoms with Gasteiger partial charge in [-0.15, -0.1) is 0 Å². The lowest BCUT2D eigenvalue weighted by atomic mass is 9.47. The molecule has 0 bridgehead atoms. The van der Waals surface area contributed by atoms with Gasteiger partial charge in [0.25, 0.3) is 0 Å². The zero-order valence-corrected chi connectivity index (χ0v) is 14.8. The smallest absolute Gasteiger partial charge is 0.0577 e. The highest BCUT2D eigenvalue weighted by Crippen LogP contribution is 2.66. The zero-order valence-electron chi connectivity index (χ0n) is 14.8. The minimum absolute atomic E-state index is 0.0688. The summed E-state index contributed by atoms with van der Waals surface area (Å²) >= 11 is 0. The van der Waals surface area contributed by atoms with E-state index in [2.05, 4.69) is 26.8 Å². The second-order valence-electron chi connectivity index (χ2n) is 9.38. The molecule has 0 heterocycles. The summed E-state index contributed by atoms with van der Waals surface area (Å²) < 4.78 is 0. The van der Waals surface area contributed by atoms with Crippen LogP contribution in [-0.2, 0) is 0 Å². The molecule has 0 saturated heterocycles. The molecular weight excluding hydrogens is 268 g/mol.